The monoisotopic (exact) mass is 449 g/mol. The van der Waals surface area contributed by atoms with Crippen LogP contribution in [0.25, 0.3) is 0 Å². The fourth-order valence-corrected chi connectivity index (χ4v) is 5.54. The Labute approximate surface area is 196 Å². The summed E-state index contributed by atoms with van der Waals surface area (Å²) >= 11 is 0. The Balaban J connectivity index is 1.36. The number of likely N-dealkylation sites (tertiary alicyclic amines) is 1. The van der Waals surface area contributed by atoms with Gasteiger partial charge in [-0.25, -0.2) is 9.97 Å². The Morgan fingerprint density at radius 2 is 1.97 bits per heavy atom. The summed E-state index contributed by atoms with van der Waals surface area (Å²) < 4.78 is 5.86. The van der Waals surface area contributed by atoms with Gasteiger partial charge in [0.1, 0.15) is 11.9 Å². The van der Waals surface area contributed by atoms with E-state index in [4.69, 9.17) is 9.72 Å². The van der Waals surface area contributed by atoms with Gasteiger partial charge in [-0.1, -0.05) is 12.1 Å². The van der Waals surface area contributed by atoms with Gasteiger partial charge in [-0.3, -0.25) is 9.69 Å². The van der Waals surface area contributed by atoms with E-state index >= 15 is 0 Å². The molecule has 2 fully saturated rings. The molecule has 0 N–H and O–H groups in total. The largest absolute Gasteiger partial charge is 0.490 e. The molecule has 1 amide bonds. The summed E-state index contributed by atoms with van der Waals surface area (Å²) in [5, 5.41) is 0. The highest BCUT2D eigenvalue weighted by atomic mass is 16.5. The van der Waals surface area contributed by atoms with Gasteiger partial charge >= 0.3 is 0 Å². The maximum absolute atomic E-state index is 13.1. The van der Waals surface area contributed by atoms with Gasteiger partial charge in [0.15, 0.2) is 0 Å². The van der Waals surface area contributed by atoms with E-state index in [1.807, 2.05) is 26.4 Å². The van der Waals surface area contributed by atoms with Crippen LogP contribution in [0.15, 0.2) is 30.5 Å². The molecule has 0 unspecified atom stereocenters. The smallest absolute Gasteiger partial charge is 0.227 e. The van der Waals surface area contributed by atoms with Crippen LogP contribution in [0.1, 0.15) is 48.9 Å². The minimum atomic E-state index is -0.0955. The Bertz CT molecular complexity index is 1000. The van der Waals surface area contributed by atoms with Crippen LogP contribution in [0.3, 0.4) is 0 Å². The fraction of sp³-hybridized carbons (Fsp3) is 0.577. The maximum atomic E-state index is 13.1. The van der Waals surface area contributed by atoms with Crippen molar-refractivity contribution in [3.8, 4) is 5.75 Å². The normalized spacial score (nSPS) is 25.1. The number of aromatic nitrogens is 2. The highest BCUT2D eigenvalue weighted by Gasteiger charge is 2.40. The molecule has 0 aliphatic carbocycles. The van der Waals surface area contributed by atoms with E-state index in [1.54, 1.807) is 4.90 Å². The Hall–Kier alpha value is -2.67. The summed E-state index contributed by atoms with van der Waals surface area (Å²) in [6.07, 6.45) is 6.75. The van der Waals surface area contributed by atoms with Crippen LogP contribution in [-0.2, 0) is 17.8 Å². The SMILES string of the molecule is C[C@@H]1Cc2cc(CN3C[C@H](C(=O)N(C)C)[C@@H](c4ccnc(N5CCCCC5)n4)C3)ccc2O1. The first-order valence-electron chi connectivity index (χ1n) is 12.3. The standard InChI is InChI=1S/C26H35N5O2/c1-18-13-20-14-19(7-8-24(20)33-18)15-30-16-21(22(17-30)25(32)29(2)3)23-9-10-27-26(28-23)31-11-5-4-6-12-31/h7-10,14,18,21-22H,4-6,11-13,15-17H2,1-3H3/t18-,21+,22+/m1/s1. The molecule has 0 radical (unpaired) electrons. The van der Waals surface area contributed by atoms with Crippen LogP contribution >= 0.6 is 0 Å². The number of ether oxygens (including phenoxy) is 1. The van der Waals surface area contributed by atoms with Crippen LogP contribution in [-0.4, -0.2) is 72.1 Å². The third kappa shape index (κ3) is 4.69. The molecule has 3 aliphatic rings. The zero-order valence-corrected chi connectivity index (χ0v) is 20.0. The lowest BCUT2D eigenvalue weighted by atomic mass is 9.91. The van der Waals surface area contributed by atoms with Crippen molar-refractivity contribution in [2.45, 2.75) is 51.2 Å². The number of amides is 1. The number of anilines is 1. The first-order valence-corrected chi connectivity index (χ1v) is 12.3. The predicted molar refractivity (Wildman–Crippen MR) is 129 cm³/mol. The van der Waals surface area contributed by atoms with Crippen molar-refractivity contribution in [1.82, 2.24) is 19.8 Å². The molecule has 176 valence electrons. The zero-order chi connectivity index (χ0) is 22.9. The molecule has 0 spiro atoms. The summed E-state index contributed by atoms with van der Waals surface area (Å²) in [7, 11) is 3.70. The number of rotatable bonds is 5. The molecule has 1 aromatic heterocycles. The Morgan fingerprint density at radius 1 is 1.15 bits per heavy atom. The second kappa shape index (κ2) is 9.29. The lowest BCUT2D eigenvalue weighted by Crippen LogP contribution is -2.34. The molecule has 7 heteroatoms. The third-order valence-electron chi connectivity index (χ3n) is 7.20. The highest BCUT2D eigenvalue weighted by molar-refractivity contribution is 5.80. The number of piperidine rings is 1. The van der Waals surface area contributed by atoms with Crippen LogP contribution in [0, 0.1) is 5.92 Å². The lowest BCUT2D eigenvalue weighted by Gasteiger charge is -2.27. The van der Waals surface area contributed by atoms with Crippen molar-refractivity contribution in [1.29, 1.82) is 0 Å². The molecule has 3 aliphatic heterocycles. The molecule has 0 bridgehead atoms. The molecule has 1 aromatic carbocycles. The van der Waals surface area contributed by atoms with Gasteiger partial charge in [0.2, 0.25) is 11.9 Å². The Morgan fingerprint density at radius 3 is 2.76 bits per heavy atom. The number of benzene rings is 1. The molecule has 5 rings (SSSR count). The summed E-state index contributed by atoms with van der Waals surface area (Å²) in [6, 6.07) is 8.53. The number of fused-ring (bicyclic) bond motifs is 1. The average molecular weight is 450 g/mol. The molecule has 3 atom stereocenters. The molecule has 0 saturated carbocycles. The van der Waals surface area contributed by atoms with Crippen molar-refractivity contribution in [2.75, 3.05) is 45.2 Å². The molecular formula is C26H35N5O2. The van der Waals surface area contributed by atoms with Gasteiger partial charge in [-0.2, -0.15) is 0 Å². The number of nitrogens with zero attached hydrogens (tertiary/aromatic N) is 5. The van der Waals surface area contributed by atoms with Gasteiger partial charge in [-0.15, -0.1) is 0 Å². The van der Waals surface area contributed by atoms with E-state index in [9.17, 15) is 4.79 Å². The molecule has 4 heterocycles. The third-order valence-corrected chi connectivity index (χ3v) is 7.20. The topological polar surface area (TPSA) is 61.8 Å². The minimum Gasteiger partial charge on any atom is -0.490 e. The maximum Gasteiger partial charge on any atom is 0.227 e. The summed E-state index contributed by atoms with van der Waals surface area (Å²) in [6.45, 7) is 6.54. The number of hydrogen-bond acceptors (Lipinski definition) is 6. The van der Waals surface area contributed by atoms with Crippen LogP contribution < -0.4 is 9.64 Å². The summed E-state index contributed by atoms with van der Waals surface area (Å²) in [4.78, 5) is 29.1. The van der Waals surface area contributed by atoms with Crippen LogP contribution in [0.5, 0.6) is 5.75 Å². The van der Waals surface area contributed by atoms with E-state index in [0.717, 1.165) is 56.5 Å². The predicted octanol–water partition coefficient (Wildman–Crippen LogP) is 3.09. The summed E-state index contributed by atoms with van der Waals surface area (Å²) in [5.41, 5.74) is 3.56. The number of hydrogen-bond donors (Lipinski definition) is 0. The van der Waals surface area contributed by atoms with Crippen molar-refractivity contribution in [3.05, 3.63) is 47.3 Å². The fourth-order valence-electron chi connectivity index (χ4n) is 5.54. The van der Waals surface area contributed by atoms with Gasteiger partial charge in [-0.05, 0) is 49.4 Å². The molecule has 7 nitrogen and oxygen atoms in total. The van der Waals surface area contributed by atoms with Crippen molar-refractivity contribution in [3.63, 3.8) is 0 Å². The molecule has 2 saturated heterocycles. The Kier molecular flexibility index (Phi) is 6.23. The molecule has 33 heavy (non-hydrogen) atoms. The number of carbonyl (C=O) groups is 1. The van der Waals surface area contributed by atoms with Gasteiger partial charge in [0.05, 0.1) is 11.6 Å². The minimum absolute atomic E-state index is 0.0734. The van der Waals surface area contributed by atoms with Crippen LogP contribution in [0.4, 0.5) is 5.95 Å². The zero-order valence-electron chi connectivity index (χ0n) is 20.0. The molecular weight excluding hydrogens is 414 g/mol. The summed E-state index contributed by atoms with van der Waals surface area (Å²) in [5.74, 6) is 1.98. The van der Waals surface area contributed by atoms with E-state index < -0.39 is 0 Å². The van der Waals surface area contributed by atoms with Crippen LogP contribution in [0.2, 0.25) is 0 Å². The van der Waals surface area contributed by atoms with Crippen molar-refractivity contribution < 1.29 is 9.53 Å². The second-order valence-corrected chi connectivity index (χ2v) is 10.0. The second-order valence-electron chi connectivity index (χ2n) is 10.0. The first kappa shape index (κ1) is 22.1. The van der Waals surface area contributed by atoms with Gasteiger partial charge < -0.3 is 14.5 Å². The quantitative estimate of drug-likeness (QED) is 0.699. The first-order chi connectivity index (χ1) is 16.0. The van der Waals surface area contributed by atoms with E-state index in [0.29, 0.717) is 0 Å². The van der Waals surface area contributed by atoms with Gasteiger partial charge in [0.25, 0.3) is 0 Å². The van der Waals surface area contributed by atoms with E-state index in [1.165, 1.54) is 30.4 Å². The van der Waals surface area contributed by atoms with Crippen molar-refractivity contribution in [2.24, 2.45) is 5.92 Å². The lowest BCUT2D eigenvalue weighted by molar-refractivity contribution is -0.133. The van der Waals surface area contributed by atoms with E-state index in [-0.39, 0.29) is 23.8 Å². The highest BCUT2D eigenvalue weighted by Crippen LogP contribution is 2.35. The average Bonchev–Trinajstić information content (AvgIpc) is 3.41. The van der Waals surface area contributed by atoms with E-state index in [2.05, 4.69) is 39.9 Å². The van der Waals surface area contributed by atoms with Crippen molar-refractivity contribution >= 4 is 11.9 Å². The number of carbonyl (C=O) groups excluding carboxylic acids is 1. The molecule has 2 aromatic rings. The van der Waals surface area contributed by atoms with Gasteiger partial charge in [0, 0.05) is 65.4 Å².